The van der Waals surface area contributed by atoms with Gasteiger partial charge in [-0.15, -0.1) is 0 Å². The molecule has 0 aliphatic rings. The van der Waals surface area contributed by atoms with E-state index in [1.807, 2.05) is 68.6 Å². The molecule has 1 atom stereocenters. The standard InChI is InChI=1S/C27H29N3O3/c1-17-11-18(2)13-20(12-17)30-27(31)29-15-22(19-9-10-25(32-3)26(14-19)33-4)23-16-28-24-8-6-5-7-21(23)24/h5-14,16,22,28H,15H2,1-4H3,(H2,29,30,31). The van der Waals surface area contributed by atoms with Gasteiger partial charge in [0.05, 0.1) is 14.2 Å². The molecule has 33 heavy (non-hydrogen) atoms. The number of anilines is 1. The lowest BCUT2D eigenvalue weighted by molar-refractivity contribution is 0.252. The van der Waals surface area contributed by atoms with Gasteiger partial charge >= 0.3 is 6.03 Å². The van der Waals surface area contributed by atoms with Crippen molar-refractivity contribution in [2.45, 2.75) is 19.8 Å². The van der Waals surface area contributed by atoms with Crippen LogP contribution in [0.3, 0.4) is 0 Å². The number of nitrogens with one attached hydrogen (secondary N) is 3. The van der Waals surface area contributed by atoms with Gasteiger partial charge in [0.2, 0.25) is 0 Å². The van der Waals surface area contributed by atoms with Gasteiger partial charge in [-0.05, 0) is 66.4 Å². The Morgan fingerprint density at radius 3 is 2.39 bits per heavy atom. The van der Waals surface area contributed by atoms with E-state index in [2.05, 4.69) is 27.8 Å². The van der Waals surface area contributed by atoms with E-state index in [0.29, 0.717) is 18.0 Å². The van der Waals surface area contributed by atoms with E-state index in [9.17, 15) is 4.79 Å². The van der Waals surface area contributed by atoms with E-state index in [1.165, 1.54) is 0 Å². The minimum atomic E-state index is -0.245. The summed E-state index contributed by atoms with van der Waals surface area (Å²) in [6.45, 7) is 4.44. The summed E-state index contributed by atoms with van der Waals surface area (Å²) in [5.74, 6) is 1.23. The highest BCUT2D eigenvalue weighted by atomic mass is 16.5. The first kappa shape index (κ1) is 22.3. The number of carbonyl (C=O) groups excluding carboxylic acids is 1. The summed E-state index contributed by atoms with van der Waals surface area (Å²) in [7, 11) is 3.24. The third-order valence-electron chi connectivity index (χ3n) is 5.75. The molecule has 3 N–H and O–H groups in total. The van der Waals surface area contributed by atoms with Crippen LogP contribution in [0.5, 0.6) is 11.5 Å². The van der Waals surface area contributed by atoms with Crippen LogP contribution < -0.4 is 20.1 Å². The molecule has 1 heterocycles. The van der Waals surface area contributed by atoms with Gasteiger partial charge in [0.15, 0.2) is 11.5 Å². The molecule has 4 rings (SSSR count). The molecule has 0 aliphatic carbocycles. The van der Waals surface area contributed by atoms with Crippen LogP contribution in [0.2, 0.25) is 0 Å². The Morgan fingerprint density at radius 1 is 0.939 bits per heavy atom. The molecule has 0 spiro atoms. The number of H-pyrrole nitrogens is 1. The number of hydrogen-bond acceptors (Lipinski definition) is 3. The van der Waals surface area contributed by atoms with E-state index in [1.54, 1.807) is 14.2 Å². The molecule has 0 saturated carbocycles. The maximum atomic E-state index is 12.8. The van der Waals surface area contributed by atoms with Crippen molar-refractivity contribution in [2.24, 2.45) is 0 Å². The number of urea groups is 1. The van der Waals surface area contributed by atoms with E-state index in [-0.39, 0.29) is 11.9 Å². The molecular formula is C27H29N3O3. The largest absolute Gasteiger partial charge is 0.493 e. The maximum absolute atomic E-state index is 12.8. The van der Waals surface area contributed by atoms with Crippen molar-refractivity contribution in [1.29, 1.82) is 0 Å². The average Bonchev–Trinajstić information content (AvgIpc) is 3.22. The Hall–Kier alpha value is -3.93. The maximum Gasteiger partial charge on any atom is 0.319 e. The Bertz CT molecular complexity index is 1260. The van der Waals surface area contributed by atoms with E-state index < -0.39 is 0 Å². The zero-order chi connectivity index (χ0) is 23.4. The molecule has 4 aromatic rings. The number of rotatable bonds is 7. The zero-order valence-electron chi connectivity index (χ0n) is 19.4. The highest BCUT2D eigenvalue weighted by molar-refractivity contribution is 5.90. The number of aromatic amines is 1. The second-order valence-electron chi connectivity index (χ2n) is 8.17. The fourth-order valence-corrected chi connectivity index (χ4v) is 4.28. The van der Waals surface area contributed by atoms with E-state index >= 15 is 0 Å². The lowest BCUT2D eigenvalue weighted by Gasteiger charge is -2.20. The lowest BCUT2D eigenvalue weighted by atomic mass is 9.90. The summed E-state index contributed by atoms with van der Waals surface area (Å²) in [5, 5.41) is 7.12. The summed E-state index contributed by atoms with van der Waals surface area (Å²) >= 11 is 0. The monoisotopic (exact) mass is 443 g/mol. The van der Waals surface area contributed by atoms with Crippen molar-refractivity contribution in [3.05, 3.63) is 89.1 Å². The normalized spacial score (nSPS) is 11.8. The molecule has 0 fully saturated rings. The van der Waals surface area contributed by atoms with Gasteiger partial charge in [0.25, 0.3) is 0 Å². The zero-order valence-corrected chi connectivity index (χ0v) is 19.4. The molecule has 0 saturated heterocycles. The number of hydrogen-bond donors (Lipinski definition) is 3. The Labute approximate surface area is 193 Å². The molecule has 6 nitrogen and oxygen atoms in total. The van der Waals surface area contributed by atoms with Crippen molar-refractivity contribution in [2.75, 3.05) is 26.1 Å². The van der Waals surface area contributed by atoms with Gasteiger partial charge in [-0.2, -0.15) is 0 Å². The first-order chi connectivity index (χ1) is 16.0. The average molecular weight is 444 g/mol. The molecular weight excluding hydrogens is 414 g/mol. The van der Waals surface area contributed by atoms with Crippen LogP contribution in [-0.4, -0.2) is 31.8 Å². The number of aryl methyl sites for hydroxylation is 2. The summed E-state index contributed by atoms with van der Waals surface area (Å²) in [5.41, 5.74) is 6.16. The molecule has 1 aromatic heterocycles. The minimum absolute atomic E-state index is 0.0917. The van der Waals surface area contributed by atoms with Crippen LogP contribution in [0, 0.1) is 13.8 Å². The van der Waals surface area contributed by atoms with Crippen LogP contribution in [0.1, 0.15) is 28.2 Å². The fourth-order valence-electron chi connectivity index (χ4n) is 4.28. The van der Waals surface area contributed by atoms with Crippen LogP contribution >= 0.6 is 0 Å². The third-order valence-corrected chi connectivity index (χ3v) is 5.75. The number of ether oxygens (including phenoxy) is 2. The van der Waals surface area contributed by atoms with Gasteiger partial charge in [-0.1, -0.05) is 30.3 Å². The van der Waals surface area contributed by atoms with Gasteiger partial charge in [-0.3, -0.25) is 0 Å². The molecule has 0 radical (unpaired) electrons. The summed E-state index contributed by atoms with van der Waals surface area (Å²) < 4.78 is 10.9. The Morgan fingerprint density at radius 2 is 1.67 bits per heavy atom. The van der Waals surface area contributed by atoms with Crippen LogP contribution in [-0.2, 0) is 0 Å². The lowest BCUT2D eigenvalue weighted by Crippen LogP contribution is -2.32. The summed E-state index contributed by atoms with van der Waals surface area (Å²) in [6, 6.07) is 19.8. The molecule has 2 amide bonds. The smallest absolute Gasteiger partial charge is 0.319 e. The second kappa shape index (κ2) is 9.69. The molecule has 3 aromatic carbocycles. The molecule has 0 aliphatic heterocycles. The minimum Gasteiger partial charge on any atom is -0.493 e. The quantitative estimate of drug-likeness (QED) is 0.340. The first-order valence-corrected chi connectivity index (χ1v) is 10.9. The van der Waals surface area contributed by atoms with Gasteiger partial charge in [-0.25, -0.2) is 4.79 Å². The predicted octanol–water partition coefficient (Wildman–Crippen LogP) is 5.76. The van der Waals surface area contributed by atoms with Crippen molar-refractivity contribution in [3.8, 4) is 11.5 Å². The Kier molecular flexibility index (Phi) is 6.54. The molecule has 170 valence electrons. The van der Waals surface area contributed by atoms with Crippen molar-refractivity contribution in [3.63, 3.8) is 0 Å². The van der Waals surface area contributed by atoms with E-state index in [0.717, 1.165) is 38.8 Å². The highest BCUT2D eigenvalue weighted by Gasteiger charge is 2.21. The van der Waals surface area contributed by atoms with Crippen molar-refractivity contribution < 1.29 is 14.3 Å². The van der Waals surface area contributed by atoms with E-state index in [4.69, 9.17) is 9.47 Å². The number of carbonyl (C=O) groups is 1. The number of aromatic nitrogens is 1. The summed E-state index contributed by atoms with van der Waals surface area (Å²) in [4.78, 5) is 16.1. The van der Waals surface area contributed by atoms with Gasteiger partial charge < -0.3 is 25.1 Å². The predicted molar refractivity (Wildman–Crippen MR) is 133 cm³/mol. The number of benzene rings is 3. The van der Waals surface area contributed by atoms with Gasteiger partial charge in [0.1, 0.15) is 0 Å². The molecule has 1 unspecified atom stereocenters. The topological polar surface area (TPSA) is 75.4 Å². The SMILES string of the molecule is COc1ccc(C(CNC(=O)Nc2cc(C)cc(C)c2)c2c[nH]c3ccccc23)cc1OC. The van der Waals surface area contributed by atoms with Gasteiger partial charge in [0, 0.05) is 35.2 Å². The fraction of sp³-hybridized carbons (Fsp3) is 0.222. The molecule has 0 bridgehead atoms. The van der Waals surface area contributed by atoms with Crippen LogP contribution in [0.25, 0.3) is 10.9 Å². The number of fused-ring (bicyclic) bond motifs is 1. The van der Waals surface area contributed by atoms with Crippen molar-refractivity contribution in [1.82, 2.24) is 10.3 Å². The summed E-state index contributed by atoms with van der Waals surface area (Å²) in [6.07, 6.45) is 2.01. The van der Waals surface area contributed by atoms with Crippen LogP contribution in [0.4, 0.5) is 10.5 Å². The highest BCUT2D eigenvalue weighted by Crippen LogP contribution is 2.35. The van der Waals surface area contributed by atoms with Crippen LogP contribution in [0.15, 0.2) is 66.9 Å². The number of methoxy groups -OCH3 is 2. The second-order valence-corrected chi connectivity index (χ2v) is 8.17. The first-order valence-electron chi connectivity index (χ1n) is 10.9. The third kappa shape index (κ3) is 4.95. The Balaban J connectivity index is 1.62. The van der Waals surface area contributed by atoms with Crippen molar-refractivity contribution >= 4 is 22.6 Å². The molecule has 6 heteroatoms. The number of para-hydroxylation sites is 1. The number of amides is 2.